The Labute approximate surface area is 161 Å². The summed E-state index contributed by atoms with van der Waals surface area (Å²) >= 11 is 0. The molecule has 1 amide bonds. The van der Waals surface area contributed by atoms with Crippen LogP contribution in [0.1, 0.15) is 33.5 Å². The molecule has 0 aliphatic heterocycles. The van der Waals surface area contributed by atoms with Crippen molar-refractivity contribution in [3.05, 3.63) is 58.7 Å². The fraction of sp³-hybridized carbons (Fsp3) is 0.350. The third kappa shape index (κ3) is 5.80. The Balaban J connectivity index is 2.24. The summed E-state index contributed by atoms with van der Waals surface area (Å²) in [6.45, 7) is 6.53. The van der Waals surface area contributed by atoms with Gasteiger partial charge in [-0.2, -0.15) is 0 Å². The molecule has 2 aromatic carbocycles. The molecule has 0 saturated heterocycles. The highest BCUT2D eigenvalue weighted by atomic mass is 32.2. The number of benzene rings is 2. The maximum Gasteiger partial charge on any atom is 0.262 e. The number of rotatable bonds is 8. The molecule has 0 atom stereocenters. The number of amides is 1. The minimum atomic E-state index is -3.81. The van der Waals surface area contributed by atoms with Gasteiger partial charge in [0.15, 0.2) is 0 Å². The van der Waals surface area contributed by atoms with Crippen LogP contribution in [0.5, 0.6) is 0 Å². The number of anilines is 1. The van der Waals surface area contributed by atoms with Gasteiger partial charge in [0.2, 0.25) is 0 Å². The molecule has 7 heteroatoms. The average Bonchev–Trinajstić information content (AvgIpc) is 2.57. The van der Waals surface area contributed by atoms with Gasteiger partial charge in [0, 0.05) is 31.5 Å². The van der Waals surface area contributed by atoms with Gasteiger partial charge in [-0.25, -0.2) is 8.42 Å². The predicted molar refractivity (Wildman–Crippen MR) is 107 cm³/mol. The maximum atomic E-state index is 12.9. The first-order chi connectivity index (χ1) is 12.7. The SMILES string of the molecule is COCCCNC(=O)c1ccc(C)c(S(=O)(=O)Nc2cc(C)cc(C)c2)c1. The fourth-order valence-electron chi connectivity index (χ4n) is 2.80. The summed E-state index contributed by atoms with van der Waals surface area (Å²) in [4.78, 5) is 12.4. The quantitative estimate of drug-likeness (QED) is 0.678. The van der Waals surface area contributed by atoms with Gasteiger partial charge in [-0.15, -0.1) is 0 Å². The second-order valence-electron chi connectivity index (χ2n) is 6.56. The number of nitrogens with one attached hydrogen (secondary N) is 2. The topological polar surface area (TPSA) is 84.5 Å². The second kappa shape index (κ2) is 9.01. The van der Waals surface area contributed by atoms with Crippen molar-refractivity contribution in [3.8, 4) is 0 Å². The van der Waals surface area contributed by atoms with Gasteiger partial charge in [0.1, 0.15) is 0 Å². The van der Waals surface area contributed by atoms with Gasteiger partial charge >= 0.3 is 0 Å². The van der Waals surface area contributed by atoms with Crippen molar-refractivity contribution in [3.63, 3.8) is 0 Å². The van der Waals surface area contributed by atoms with E-state index < -0.39 is 10.0 Å². The monoisotopic (exact) mass is 390 g/mol. The van der Waals surface area contributed by atoms with Crippen LogP contribution in [0, 0.1) is 20.8 Å². The average molecular weight is 391 g/mol. The molecule has 0 bridgehead atoms. The lowest BCUT2D eigenvalue weighted by Crippen LogP contribution is -2.25. The number of carbonyl (C=O) groups excluding carboxylic acids is 1. The third-order valence-corrected chi connectivity index (χ3v) is 5.55. The van der Waals surface area contributed by atoms with Gasteiger partial charge in [0.25, 0.3) is 15.9 Å². The van der Waals surface area contributed by atoms with Crippen molar-refractivity contribution in [1.29, 1.82) is 0 Å². The minimum absolute atomic E-state index is 0.0891. The predicted octanol–water partition coefficient (Wildman–Crippen LogP) is 3.18. The Morgan fingerprint density at radius 3 is 2.33 bits per heavy atom. The Morgan fingerprint density at radius 1 is 1.04 bits per heavy atom. The summed E-state index contributed by atoms with van der Waals surface area (Å²) in [7, 11) is -2.21. The molecule has 0 aliphatic carbocycles. The van der Waals surface area contributed by atoms with Crippen LogP contribution in [-0.2, 0) is 14.8 Å². The van der Waals surface area contributed by atoms with Gasteiger partial charge < -0.3 is 10.1 Å². The van der Waals surface area contributed by atoms with Gasteiger partial charge in [-0.3, -0.25) is 9.52 Å². The molecule has 6 nitrogen and oxygen atoms in total. The molecule has 0 fully saturated rings. The molecule has 0 heterocycles. The van der Waals surface area contributed by atoms with Gasteiger partial charge in [-0.1, -0.05) is 12.1 Å². The fourth-order valence-corrected chi connectivity index (χ4v) is 4.11. The van der Waals surface area contributed by atoms with Crippen LogP contribution in [0.15, 0.2) is 41.3 Å². The molecule has 146 valence electrons. The molecular weight excluding hydrogens is 364 g/mol. The van der Waals surface area contributed by atoms with E-state index in [-0.39, 0.29) is 10.8 Å². The molecule has 0 unspecified atom stereocenters. The van der Waals surface area contributed by atoms with Gasteiger partial charge in [-0.05, 0) is 68.1 Å². The molecular formula is C20H26N2O4S. The van der Waals surface area contributed by atoms with E-state index in [1.54, 1.807) is 38.3 Å². The minimum Gasteiger partial charge on any atom is -0.385 e. The van der Waals surface area contributed by atoms with Crippen LogP contribution in [0.2, 0.25) is 0 Å². The second-order valence-corrected chi connectivity index (χ2v) is 8.22. The first-order valence-corrected chi connectivity index (χ1v) is 10.2. The number of sulfonamides is 1. The van der Waals surface area contributed by atoms with E-state index in [1.807, 2.05) is 19.9 Å². The van der Waals surface area contributed by atoms with Crippen molar-refractivity contribution in [2.45, 2.75) is 32.1 Å². The molecule has 0 saturated carbocycles. The van der Waals surface area contributed by atoms with Crippen LogP contribution in [-0.4, -0.2) is 34.6 Å². The highest BCUT2D eigenvalue weighted by molar-refractivity contribution is 7.92. The zero-order valence-electron chi connectivity index (χ0n) is 16.1. The molecule has 0 spiro atoms. The molecule has 2 N–H and O–H groups in total. The first-order valence-electron chi connectivity index (χ1n) is 8.72. The van der Waals surface area contributed by atoms with Crippen molar-refractivity contribution >= 4 is 21.6 Å². The number of methoxy groups -OCH3 is 1. The maximum absolute atomic E-state index is 12.9. The molecule has 0 aromatic heterocycles. The highest BCUT2D eigenvalue weighted by Gasteiger charge is 2.19. The zero-order chi connectivity index (χ0) is 20.0. The first kappa shape index (κ1) is 20.9. The summed E-state index contributed by atoms with van der Waals surface area (Å²) in [5.74, 6) is -0.311. The lowest BCUT2D eigenvalue weighted by atomic mass is 10.1. The summed E-state index contributed by atoms with van der Waals surface area (Å²) in [5, 5.41) is 2.76. The molecule has 2 aromatic rings. The summed E-state index contributed by atoms with van der Waals surface area (Å²) in [6, 6.07) is 10.2. The zero-order valence-corrected chi connectivity index (χ0v) is 16.9. The Bertz CT molecular complexity index is 903. The van der Waals surface area contributed by atoms with Gasteiger partial charge in [0.05, 0.1) is 4.90 Å². The van der Waals surface area contributed by atoms with Crippen molar-refractivity contribution in [2.24, 2.45) is 0 Å². The van der Waals surface area contributed by atoms with E-state index in [4.69, 9.17) is 4.74 Å². The molecule has 27 heavy (non-hydrogen) atoms. The summed E-state index contributed by atoms with van der Waals surface area (Å²) in [6.07, 6.45) is 0.688. The van der Waals surface area contributed by atoms with Crippen molar-refractivity contribution in [2.75, 3.05) is 25.0 Å². The molecule has 0 radical (unpaired) electrons. The number of hydrogen-bond donors (Lipinski definition) is 2. The van der Waals surface area contributed by atoms with Crippen LogP contribution in [0.4, 0.5) is 5.69 Å². The number of aryl methyl sites for hydroxylation is 3. The number of hydrogen-bond acceptors (Lipinski definition) is 4. The highest BCUT2D eigenvalue weighted by Crippen LogP contribution is 2.22. The van der Waals surface area contributed by atoms with E-state index in [1.165, 1.54) is 6.07 Å². The van der Waals surface area contributed by atoms with E-state index in [2.05, 4.69) is 10.0 Å². The van der Waals surface area contributed by atoms with Crippen molar-refractivity contribution in [1.82, 2.24) is 5.32 Å². The number of ether oxygens (including phenoxy) is 1. The Kier molecular flexibility index (Phi) is 6.98. The van der Waals surface area contributed by atoms with Crippen LogP contribution in [0.3, 0.4) is 0 Å². The van der Waals surface area contributed by atoms with E-state index in [9.17, 15) is 13.2 Å². The van der Waals surface area contributed by atoms with Crippen molar-refractivity contribution < 1.29 is 17.9 Å². The standard InChI is InChI=1S/C20H26N2O4S/c1-14-10-15(2)12-18(11-14)22-27(24,25)19-13-17(7-6-16(19)3)20(23)21-8-5-9-26-4/h6-7,10-13,22H,5,8-9H2,1-4H3,(H,21,23). The lowest BCUT2D eigenvalue weighted by Gasteiger charge is -2.13. The Hall–Kier alpha value is -2.38. The van der Waals surface area contributed by atoms with E-state index >= 15 is 0 Å². The van der Waals surface area contributed by atoms with Crippen LogP contribution < -0.4 is 10.0 Å². The van der Waals surface area contributed by atoms with Crippen LogP contribution in [0.25, 0.3) is 0 Å². The van der Waals surface area contributed by atoms with E-state index in [0.29, 0.717) is 36.4 Å². The van der Waals surface area contributed by atoms with E-state index in [0.717, 1.165) is 11.1 Å². The van der Waals surface area contributed by atoms with Crippen LogP contribution >= 0.6 is 0 Å². The Morgan fingerprint density at radius 2 is 1.70 bits per heavy atom. The normalized spacial score (nSPS) is 11.3. The largest absolute Gasteiger partial charge is 0.385 e. The molecule has 0 aliphatic rings. The number of carbonyl (C=O) groups is 1. The summed E-state index contributed by atoms with van der Waals surface area (Å²) in [5.41, 5.74) is 3.31. The molecule has 2 rings (SSSR count). The third-order valence-electron chi connectivity index (χ3n) is 4.02. The summed E-state index contributed by atoms with van der Waals surface area (Å²) < 4.78 is 33.3. The smallest absolute Gasteiger partial charge is 0.262 e. The lowest BCUT2D eigenvalue weighted by molar-refractivity contribution is 0.0948.